The molecule has 0 amide bonds. The Kier molecular flexibility index (Phi) is 4.00. The zero-order valence-corrected chi connectivity index (χ0v) is 11.2. The Morgan fingerprint density at radius 3 is 2.75 bits per heavy atom. The van der Waals surface area contributed by atoms with E-state index < -0.39 is 0 Å². The monoisotopic (exact) mass is 282 g/mol. The van der Waals surface area contributed by atoms with E-state index in [1.54, 1.807) is 0 Å². The zero-order chi connectivity index (χ0) is 11.5. The molecule has 2 nitrogen and oxygen atoms in total. The SMILES string of the molecule is C[C@H](NC1CCC(N)C1)c1ccccc1Br. The van der Waals surface area contributed by atoms with E-state index in [2.05, 4.69) is 46.4 Å². The molecule has 1 aromatic carbocycles. The summed E-state index contributed by atoms with van der Waals surface area (Å²) in [5, 5.41) is 3.66. The largest absolute Gasteiger partial charge is 0.328 e. The van der Waals surface area contributed by atoms with Crippen molar-refractivity contribution in [2.45, 2.75) is 44.3 Å². The van der Waals surface area contributed by atoms with Crippen molar-refractivity contribution in [2.24, 2.45) is 5.73 Å². The lowest BCUT2D eigenvalue weighted by molar-refractivity contribution is 0.456. The lowest BCUT2D eigenvalue weighted by Crippen LogP contribution is -2.31. The van der Waals surface area contributed by atoms with Crippen LogP contribution in [0.5, 0.6) is 0 Å². The summed E-state index contributed by atoms with van der Waals surface area (Å²) in [6, 6.07) is 9.74. The molecule has 0 aromatic heterocycles. The van der Waals surface area contributed by atoms with Crippen LogP contribution in [0.1, 0.15) is 37.8 Å². The van der Waals surface area contributed by atoms with Crippen molar-refractivity contribution in [3.05, 3.63) is 34.3 Å². The Bertz CT molecular complexity index is 354. The Balaban J connectivity index is 1.98. The molecule has 0 aliphatic heterocycles. The first kappa shape index (κ1) is 12.1. The first-order valence-corrected chi connectivity index (χ1v) is 6.72. The van der Waals surface area contributed by atoms with Crippen molar-refractivity contribution in [1.29, 1.82) is 0 Å². The van der Waals surface area contributed by atoms with Gasteiger partial charge in [0.2, 0.25) is 0 Å². The predicted molar refractivity (Wildman–Crippen MR) is 71.3 cm³/mol. The normalized spacial score (nSPS) is 26.9. The molecule has 1 fully saturated rings. The van der Waals surface area contributed by atoms with E-state index in [0.717, 1.165) is 12.8 Å². The van der Waals surface area contributed by atoms with Crippen LogP contribution in [0.2, 0.25) is 0 Å². The molecule has 0 bridgehead atoms. The number of benzene rings is 1. The number of nitrogens with one attached hydrogen (secondary N) is 1. The molecule has 0 radical (unpaired) electrons. The molecule has 2 rings (SSSR count). The fraction of sp³-hybridized carbons (Fsp3) is 0.538. The van der Waals surface area contributed by atoms with Crippen LogP contribution in [0.3, 0.4) is 0 Å². The fourth-order valence-corrected chi connectivity index (χ4v) is 3.07. The quantitative estimate of drug-likeness (QED) is 0.895. The van der Waals surface area contributed by atoms with E-state index in [1.807, 2.05) is 6.07 Å². The van der Waals surface area contributed by atoms with Gasteiger partial charge >= 0.3 is 0 Å². The fourth-order valence-electron chi connectivity index (χ4n) is 2.44. The molecule has 1 aromatic rings. The van der Waals surface area contributed by atoms with Crippen LogP contribution in [0.25, 0.3) is 0 Å². The predicted octanol–water partition coefficient (Wildman–Crippen LogP) is 2.98. The van der Waals surface area contributed by atoms with Gasteiger partial charge in [0.25, 0.3) is 0 Å². The average Bonchev–Trinajstić information content (AvgIpc) is 2.64. The third-order valence-electron chi connectivity index (χ3n) is 3.33. The number of nitrogens with two attached hydrogens (primary N) is 1. The molecule has 0 spiro atoms. The molecule has 3 N–H and O–H groups in total. The highest BCUT2D eigenvalue weighted by Crippen LogP contribution is 2.25. The van der Waals surface area contributed by atoms with E-state index in [9.17, 15) is 0 Å². The standard InChI is InChI=1S/C13H19BrN2/c1-9(12-4-2-3-5-13(12)14)16-11-7-6-10(15)8-11/h2-5,9-11,16H,6-8,15H2,1H3/t9-,10?,11?/m0/s1. The molecule has 1 aliphatic rings. The summed E-state index contributed by atoms with van der Waals surface area (Å²) in [6.45, 7) is 2.21. The summed E-state index contributed by atoms with van der Waals surface area (Å²) in [5.74, 6) is 0. The van der Waals surface area contributed by atoms with Crippen LogP contribution < -0.4 is 11.1 Å². The summed E-state index contributed by atoms with van der Waals surface area (Å²) in [5.41, 5.74) is 7.24. The maximum absolute atomic E-state index is 5.92. The van der Waals surface area contributed by atoms with E-state index in [4.69, 9.17) is 5.73 Å². The molecule has 1 saturated carbocycles. The zero-order valence-electron chi connectivity index (χ0n) is 9.62. The molecule has 0 saturated heterocycles. The highest BCUT2D eigenvalue weighted by molar-refractivity contribution is 9.10. The molecule has 88 valence electrons. The summed E-state index contributed by atoms with van der Waals surface area (Å²) in [4.78, 5) is 0. The molecule has 3 atom stereocenters. The van der Waals surface area contributed by atoms with Crippen LogP contribution >= 0.6 is 15.9 Å². The number of halogens is 1. The van der Waals surface area contributed by atoms with E-state index in [1.165, 1.54) is 16.5 Å². The summed E-state index contributed by atoms with van der Waals surface area (Å²) in [6.07, 6.45) is 3.46. The van der Waals surface area contributed by atoms with Gasteiger partial charge in [-0.25, -0.2) is 0 Å². The van der Waals surface area contributed by atoms with Crippen molar-refractivity contribution in [3.63, 3.8) is 0 Å². The third kappa shape index (κ3) is 2.84. The van der Waals surface area contributed by atoms with Crippen molar-refractivity contribution in [1.82, 2.24) is 5.32 Å². The summed E-state index contributed by atoms with van der Waals surface area (Å²) < 4.78 is 1.18. The molecule has 2 unspecified atom stereocenters. The van der Waals surface area contributed by atoms with E-state index in [-0.39, 0.29) is 0 Å². The first-order chi connectivity index (χ1) is 7.66. The lowest BCUT2D eigenvalue weighted by Gasteiger charge is -2.20. The van der Waals surface area contributed by atoms with Crippen LogP contribution in [0, 0.1) is 0 Å². The molecule has 1 aliphatic carbocycles. The van der Waals surface area contributed by atoms with Crippen LogP contribution in [0.4, 0.5) is 0 Å². The van der Waals surface area contributed by atoms with E-state index in [0.29, 0.717) is 18.1 Å². The second-order valence-electron chi connectivity index (χ2n) is 4.68. The summed E-state index contributed by atoms with van der Waals surface area (Å²) >= 11 is 3.59. The Morgan fingerprint density at radius 2 is 2.12 bits per heavy atom. The van der Waals surface area contributed by atoms with Crippen LogP contribution in [0.15, 0.2) is 28.7 Å². The lowest BCUT2D eigenvalue weighted by atomic mass is 10.1. The van der Waals surface area contributed by atoms with Crippen molar-refractivity contribution < 1.29 is 0 Å². The summed E-state index contributed by atoms with van der Waals surface area (Å²) in [7, 11) is 0. The van der Waals surface area contributed by atoms with Crippen molar-refractivity contribution in [3.8, 4) is 0 Å². The maximum atomic E-state index is 5.92. The van der Waals surface area contributed by atoms with Crippen molar-refractivity contribution >= 4 is 15.9 Å². The van der Waals surface area contributed by atoms with Crippen LogP contribution in [-0.4, -0.2) is 12.1 Å². The van der Waals surface area contributed by atoms with Gasteiger partial charge < -0.3 is 11.1 Å². The number of hydrogen-bond donors (Lipinski definition) is 2. The van der Waals surface area contributed by atoms with Gasteiger partial charge in [-0.05, 0) is 37.8 Å². The van der Waals surface area contributed by atoms with Gasteiger partial charge in [0.15, 0.2) is 0 Å². The van der Waals surface area contributed by atoms with Crippen molar-refractivity contribution in [2.75, 3.05) is 0 Å². The minimum atomic E-state index is 0.380. The van der Waals surface area contributed by atoms with Gasteiger partial charge in [-0.1, -0.05) is 34.1 Å². The highest BCUT2D eigenvalue weighted by Gasteiger charge is 2.23. The van der Waals surface area contributed by atoms with E-state index >= 15 is 0 Å². The third-order valence-corrected chi connectivity index (χ3v) is 4.05. The Hall–Kier alpha value is -0.380. The van der Waals surface area contributed by atoms with Crippen LogP contribution in [-0.2, 0) is 0 Å². The molecular weight excluding hydrogens is 264 g/mol. The number of rotatable bonds is 3. The first-order valence-electron chi connectivity index (χ1n) is 5.93. The highest BCUT2D eigenvalue weighted by atomic mass is 79.9. The maximum Gasteiger partial charge on any atom is 0.0305 e. The van der Waals surface area contributed by atoms with Gasteiger partial charge in [-0.2, -0.15) is 0 Å². The van der Waals surface area contributed by atoms with Gasteiger partial charge in [0, 0.05) is 22.6 Å². The van der Waals surface area contributed by atoms with Gasteiger partial charge in [-0.3, -0.25) is 0 Å². The minimum Gasteiger partial charge on any atom is -0.328 e. The Labute approximate surface area is 106 Å². The number of hydrogen-bond acceptors (Lipinski definition) is 2. The Morgan fingerprint density at radius 1 is 1.38 bits per heavy atom. The minimum absolute atomic E-state index is 0.380. The van der Waals surface area contributed by atoms with Gasteiger partial charge in [0.1, 0.15) is 0 Å². The second kappa shape index (κ2) is 5.30. The van der Waals surface area contributed by atoms with Gasteiger partial charge in [0.05, 0.1) is 0 Å². The average molecular weight is 283 g/mol. The molecule has 16 heavy (non-hydrogen) atoms. The topological polar surface area (TPSA) is 38.0 Å². The molecular formula is C13H19BrN2. The smallest absolute Gasteiger partial charge is 0.0305 e. The molecule has 3 heteroatoms. The second-order valence-corrected chi connectivity index (χ2v) is 5.53. The molecule has 0 heterocycles. The van der Waals surface area contributed by atoms with Gasteiger partial charge in [-0.15, -0.1) is 0 Å².